The maximum absolute atomic E-state index is 12.1. The molecule has 1 aromatic rings. The highest BCUT2D eigenvalue weighted by Gasteiger charge is 2.61. The topological polar surface area (TPSA) is 196 Å². The largest absolute Gasteiger partial charge is 0.465 e. The van der Waals surface area contributed by atoms with E-state index in [2.05, 4.69) is 78.8 Å². The van der Waals surface area contributed by atoms with Gasteiger partial charge in [0.25, 0.3) is 0 Å². The summed E-state index contributed by atoms with van der Waals surface area (Å²) in [5.41, 5.74) is 1.80. The minimum atomic E-state index is -0.728. The third-order valence-corrected chi connectivity index (χ3v) is 19.8. The first-order chi connectivity index (χ1) is 41.8. The minimum Gasteiger partial charge on any atom is -0.465 e. The molecule has 0 radical (unpaired) electrons. The summed E-state index contributed by atoms with van der Waals surface area (Å²) in [6, 6.07) is 7.74. The van der Waals surface area contributed by atoms with Crippen LogP contribution in [0.1, 0.15) is 223 Å². The smallest absolute Gasteiger partial charge is 0.347 e. The van der Waals surface area contributed by atoms with Crippen LogP contribution in [0.25, 0.3) is 6.08 Å². The molecule has 11 fully saturated rings. The molecular formula is C74H110O15. The molecular weight excluding hydrogens is 1130 g/mol. The van der Waals surface area contributed by atoms with Gasteiger partial charge in [-0.25, -0.2) is 28.8 Å². The molecule has 4 atom stereocenters. The van der Waals surface area contributed by atoms with Gasteiger partial charge in [-0.05, 0) is 236 Å². The number of hydrogen-bond donors (Lipinski definition) is 1. The predicted molar refractivity (Wildman–Crippen MR) is 347 cm³/mol. The van der Waals surface area contributed by atoms with Crippen LogP contribution < -0.4 is 4.74 Å². The Hall–Kier alpha value is -5.80. The van der Waals surface area contributed by atoms with Crippen molar-refractivity contribution in [1.82, 2.24) is 0 Å². The monoisotopic (exact) mass is 1240 g/mol. The quantitative estimate of drug-likeness (QED) is 0.0630. The number of ether oxygens (including phenoxy) is 8. The van der Waals surface area contributed by atoms with Crippen molar-refractivity contribution in [3.8, 4) is 5.75 Å². The first-order valence-electron chi connectivity index (χ1n) is 33.1. The second-order valence-corrected chi connectivity index (χ2v) is 28.1. The van der Waals surface area contributed by atoms with Crippen molar-refractivity contribution in [3.63, 3.8) is 0 Å². The van der Waals surface area contributed by atoms with E-state index >= 15 is 0 Å². The first kappa shape index (κ1) is 73.9. The Morgan fingerprint density at radius 2 is 1.07 bits per heavy atom. The van der Waals surface area contributed by atoms with Crippen LogP contribution in [0.2, 0.25) is 0 Å². The zero-order valence-electron chi connectivity index (χ0n) is 56.3. The lowest BCUT2D eigenvalue weighted by Crippen LogP contribution is -2.62. The maximum Gasteiger partial charge on any atom is 0.347 e. The fourth-order valence-electron chi connectivity index (χ4n) is 15.8. The SMILES string of the molecule is C=C(C)C(=O)OC1(C(C)C)C2CC3CC(C2)CC1C3.C=C(C)C(=O)OC1(C(C)C)CCCC1.C=C(C)C(=O)OC1(CC)CCCC1.C=C(C)C(=O)OC12CC3CC(CC(O)(C3)C1)C2.C=C(C)C(=O)OC1CCOC1=O.C=Cc1ccc(OC(C)OCC)cc1. The van der Waals surface area contributed by atoms with Crippen LogP contribution in [0.15, 0.2) is 91.6 Å². The normalized spacial score (nSPS) is 29.1. The summed E-state index contributed by atoms with van der Waals surface area (Å²) in [5, 5.41) is 10.5. The van der Waals surface area contributed by atoms with Gasteiger partial charge in [0.15, 0.2) is 6.29 Å². The number of rotatable bonds is 18. The molecule has 1 N–H and O–H groups in total. The van der Waals surface area contributed by atoms with Crippen molar-refractivity contribution in [2.45, 2.75) is 258 Å². The van der Waals surface area contributed by atoms with E-state index in [0.29, 0.717) is 83.9 Å². The van der Waals surface area contributed by atoms with Crippen molar-refractivity contribution in [2.75, 3.05) is 13.2 Å². The van der Waals surface area contributed by atoms with Gasteiger partial charge >= 0.3 is 35.8 Å². The van der Waals surface area contributed by atoms with Crippen LogP contribution in [0.3, 0.4) is 0 Å². The van der Waals surface area contributed by atoms with Crippen LogP contribution in [0.4, 0.5) is 0 Å². The van der Waals surface area contributed by atoms with Gasteiger partial charge in [-0.2, -0.15) is 0 Å². The van der Waals surface area contributed by atoms with E-state index in [1.807, 2.05) is 38.1 Å². The Kier molecular flexibility index (Phi) is 27.0. The summed E-state index contributed by atoms with van der Waals surface area (Å²) in [5.74, 6) is 3.73. The number of benzene rings is 1. The fraction of sp³-hybridized carbons (Fsp3) is 0.676. The van der Waals surface area contributed by atoms with Crippen molar-refractivity contribution in [1.29, 1.82) is 0 Å². The number of carbonyl (C=O) groups excluding carboxylic acids is 6. The molecule has 1 heterocycles. The molecule has 15 nitrogen and oxygen atoms in total. The maximum atomic E-state index is 12.1. The van der Waals surface area contributed by atoms with Gasteiger partial charge in [-0.1, -0.05) is 92.3 Å². The summed E-state index contributed by atoms with van der Waals surface area (Å²) in [7, 11) is 0. The highest BCUT2D eigenvalue weighted by molar-refractivity contribution is 5.90. The average molecular weight is 1240 g/mol. The fourth-order valence-corrected chi connectivity index (χ4v) is 15.8. The van der Waals surface area contributed by atoms with E-state index in [1.165, 1.54) is 71.1 Å². The van der Waals surface area contributed by atoms with Gasteiger partial charge in [0, 0.05) is 47.3 Å². The molecule has 1 aliphatic heterocycles. The summed E-state index contributed by atoms with van der Waals surface area (Å²) >= 11 is 0. The van der Waals surface area contributed by atoms with Crippen molar-refractivity contribution in [2.24, 2.45) is 47.3 Å². The van der Waals surface area contributed by atoms with E-state index < -0.39 is 29.2 Å². The van der Waals surface area contributed by atoms with Gasteiger partial charge in [0.2, 0.25) is 6.10 Å². The second-order valence-electron chi connectivity index (χ2n) is 28.1. The summed E-state index contributed by atoms with van der Waals surface area (Å²) in [6.07, 6.45) is 23.0. The van der Waals surface area contributed by atoms with Gasteiger partial charge in [-0.15, -0.1) is 0 Å². The second kappa shape index (κ2) is 32.5. The molecule has 1 aromatic carbocycles. The Balaban J connectivity index is 0.000000196. The zero-order chi connectivity index (χ0) is 66.2. The Morgan fingerprint density at radius 1 is 0.607 bits per heavy atom. The zero-order valence-corrected chi connectivity index (χ0v) is 56.3. The van der Waals surface area contributed by atoms with Gasteiger partial charge in [0.05, 0.1) is 12.2 Å². The average Bonchev–Trinajstić information content (AvgIpc) is 1.27. The molecule has 89 heavy (non-hydrogen) atoms. The van der Waals surface area contributed by atoms with Gasteiger partial charge < -0.3 is 43.0 Å². The molecule has 1 saturated heterocycles. The lowest BCUT2D eigenvalue weighted by Gasteiger charge is -2.61. The molecule has 496 valence electrons. The van der Waals surface area contributed by atoms with E-state index in [9.17, 15) is 33.9 Å². The molecule has 15 heteroatoms. The predicted octanol–water partition coefficient (Wildman–Crippen LogP) is 15.6. The third-order valence-electron chi connectivity index (χ3n) is 19.8. The molecule has 8 bridgehead atoms. The summed E-state index contributed by atoms with van der Waals surface area (Å²) in [4.78, 5) is 68.4. The lowest BCUT2D eigenvalue weighted by atomic mass is 9.47. The lowest BCUT2D eigenvalue weighted by molar-refractivity contribution is -0.221. The number of aliphatic hydroxyl groups is 1. The number of esters is 6. The molecule has 0 spiro atoms. The van der Waals surface area contributed by atoms with E-state index in [4.69, 9.17) is 33.2 Å². The molecule has 12 rings (SSSR count). The Labute approximate surface area is 533 Å². The number of cyclic esters (lactones) is 1. The van der Waals surface area contributed by atoms with Crippen LogP contribution >= 0.6 is 0 Å². The molecule has 0 amide bonds. The molecule has 0 aromatic heterocycles. The minimum absolute atomic E-state index is 0.171. The first-order valence-corrected chi connectivity index (χ1v) is 33.1. The van der Waals surface area contributed by atoms with E-state index in [-0.39, 0.29) is 52.5 Å². The van der Waals surface area contributed by atoms with Gasteiger partial charge in [0.1, 0.15) is 28.2 Å². The van der Waals surface area contributed by atoms with Crippen molar-refractivity contribution in [3.05, 3.63) is 97.2 Å². The van der Waals surface area contributed by atoms with Gasteiger partial charge in [-0.3, -0.25) is 0 Å². The van der Waals surface area contributed by atoms with Crippen LogP contribution in [0.5, 0.6) is 5.75 Å². The van der Waals surface area contributed by atoms with E-state index in [1.54, 1.807) is 33.8 Å². The molecule has 4 unspecified atom stereocenters. The number of hydrogen-bond acceptors (Lipinski definition) is 15. The van der Waals surface area contributed by atoms with Crippen LogP contribution in [-0.2, 0) is 61.9 Å². The third kappa shape index (κ3) is 20.1. The standard InChI is InChI=1S/C17H26O2.C14H20O3.C12H20O2.C12H16O2.C11H18O2.C8H10O4/c1-10(2)16(18)19-17(11(3)4)14-6-12-5-13(8-14)9-15(17)7-12;1-9(2)12(15)17-14-6-10-3-11(7-14)5-13(16,4-10)8-14;1-9(2)11(13)14-12(10(3)4)7-5-6-8-12;1-4-11-6-8-12(9-7-11)14-10(3)13-5-2;1-4-11(7-5-6-8-11)13-10(12)9(2)3;1-5(2)7(9)12-6-3-4-11-8(6)10/h11-15H,1,5-9H2,2-4H3;10-11,16H,1,3-8H2,2H3;10H,1,5-8H2,2-4H3;4,6-10H,1,5H2,2-3H3;2,4-8H2,1,3H3;6H,1,3-4H2,2H3. The van der Waals surface area contributed by atoms with Crippen LogP contribution in [-0.4, -0.2) is 94.5 Å². The molecule has 10 saturated carbocycles. The summed E-state index contributed by atoms with van der Waals surface area (Å²) in [6.45, 7) is 45.6. The highest BCUT2D eigenvalue weighted by Crippen LogP contribution is 2.62. The summed E-state index contributed by atoms with van der Waals surface area (Å²) < 4.78 is 43.0. The molecule has 11 aliphatic rings. The van der Waals surface area contributed by atoms with Crippen molar-refractivity contribution >= 4 is 41.9 Å². The Bertz CT molecular complexity index is 2640. The van der Waals surface area contributed by atoms with Crippen LogP contribution in [0, 0.1) is 47.3 Å². The highest BCUT2D eigenvalue weighted by atomic mass is 16.7. The number of carbonyl (C=O) groups is 6. The Morgan fingerprint density at radius 3 is 1.48 bits per heavy atom. The molecule has 10 aliphatic carbocycles. The van der Waals surface area contributed by atoms with Crippen molar-refractivity contribution < 1.29 is 71.8 Å². The van der Waals surface area contributed by atoms with E-state index in [0.717, 1.165) is 80.9 Å².